The predicted octanol–water partition coefficient (Wildman–Crippen LogP) is 3.69. The van der Waals surface area contributed by atoms with E-state index in [0.717, 1.165) is 10.6 Å². The summed E-state index contributed by atoms with van der Waals surface area (Å²) in [7, 11) is 0. The Morgan fingerprint density at radius 2 is 1.83 bits per heavy atom. The monoisotopic (exact) mass is 221 g/mol. The Morgan fingerprint density at radius 3 is 2.25 bits per heavy atom. The first kappa shape index (κ1) is 10.0. The minimum atomic E-state index is 0.457. The average Bonchev–Trinajstić information content (AvgIpc) is 2.01. The highest BCUT2D eigenvalue weighted by Crippen LogP contribution is 2.32. The van der Waals surface area contributed by atoms with Crippen LogP contribution in [0.4, 0.5) is 5.69 Å². The van der Waals surface area contributed by atoms with Crippen LogP contribution in [-0.2, 0) is 0 Å². The van der Waals surface area contributed by atoms with Gasteiger partial charge in [-0.05, 0) is 17.9 Å². The molecule has 1 aromatic rings. The van der Waals surface area contributed by atoms with Crippen molar-refractivity contribution in [1.82, 2.24) is 0 Å². The van der Waals surface area contributed by atoms with Gasteiger partial charge in [0.05, 0.1) is 15.7 Å². The highest BCUT2D eigenvalue weighted by Gasteiger charge is 2.03. The number of rotatable bonds is 2. The third-order valence-corrected chi connectivity index (χ3v) is 2.85. The van der Waals surface area contributed by atoms with Crippen molar-refractivity contribution >= 4 is 40.7 Å². The Labute approximate surface area is 86.2 Å². The van der Waals surface area contributed by atoms with Crippen LogP contribution in [0, 0.1) is 0 Å². The van der Waals surface area contributed by atoms with Crippen molar-refractivity contribution in [2.45, 2.75) is 11.8 Å². The van der Waals surface area contributed by atoms with Gasteiger partial charge in [-0.3, -0.25) is 0 Å². The number of hydrogen-bond acceptors (Lipinski definition) is 2. The molecular formula is C8H9Cl2NS. The van der Waals surface area contributed by atoms with E-state index in [0.29, 0.717) is 15.7 Å². The SMILES string of the molecule is CCSc1cc(Cl)c(N)c(Cl)c1. The van der Waals surface area contributed by atoms with Crippen molar-refractivity contribution in [2.75, 3.05) is 11.5 Å². The molecule has 0 spiro atoms. The summed E-state index contributed by atoms with van der Waals surface area (Å²) in [6, 6.07) is 3.66. The fraction of sp³-hybridized carbons (Fsp3) is 0.250. The first-order chi connectivity index (χ1) is 5.65. The molecule has 4 heteroatoms. The summed E-state index contributed by atoms with van der Waals surface area (Å²) >= 11 is 13.4. The third-order valence-electron chi connectivity index (χ3n) is 1.36. The number of halogens is 2. The molecule has 0 bridgehead atoms. The summed E-state index contributed by atoms with van der Waals surface area (Å²) in [6.07, 6.45) is 0. The van der Waals surface area contributed by atoms with Crippen LogP contribution in [0.2, 0.25) is 10.0 Å². The summed E-state index contributed by atoms with van der Waals surface area (Å²) in [5, 5.41) is 1.05. The number of hydrogen-bond donors (Lipinski definition) is 1. The molecule has 0 aromatic heterocycles. The van der Waals surface area contributed by atoms with Crippen molar-refractivity contribution in [3.8, 4) is 0 Å². The second kappa shape index (κ2) is 4.26. The molecule has 0 aliphatic carbocycles. The first-order valence-electron chi connectivity index (χ1n) is 3.52. The molecule has 0 heterocycles. The second-order valence-corrected chi connectivity index (χ2v) is 4.39. The van der Waals surface area contributed by atoms with Gasteiger partial charge in [0.2, 0.25) is 0 Å². The molecule has 1 aromatic carbocycles. The molecule has 0 aliphatic rings. The van der Waals surface area contributed by atoms with Gasteiger partial charge in [0.25, 0.3) is 0 Å². The summed E-state index contributed by atoms with van der Waals surface area (Å²) in [5.74, 6) is 0.997. The van der Waals surface area contributed by atoms with Gasteiger partial charge in [-0.25, -0.2) is 0 Å². The molecule has 0 radical (unpaired) electrons. The summed E-state index contributed by atoms with van der Waals surface area (Å²) in [6.45, 7) is 2.07. The van der Waals surface area contributed by atoms with E-state index < -0.39 is 0 Å². The van der Waals surface area contributed by atoms with Crippen LogP contribution in [-0.4, -0.2) is 5.75 Å². The topological polar surface area (TPSA) is 26.0 Å². The Hall–Kier alpha value is -0.0500. The van der Waals surface area contributed by atoms with Crippen LogP contribution in [0.15, 0.2) is 17.0 Å². The summed E-state index contributed by atoms with van der Waals surface area (Å²) < 4.78 is 0. The van der Waals surface area contributed by atoms with Gasteiger partial charge >= 0.3 is 0 Å². The van der Waals surface area contributed by atoms with Crippen molar-refractivity contribution in [2.24, 2.45) is 0 Å². The van der Waals surface area contributed by atoms with E-state index in [1.807, 2.05) is 12.1 Å². The van der Waals surface area contributed by atoms with Gasteiger partial charge in [0.1, 0.15) is 0 Å². The Morgan fingerprint density at radius 1 is 1.33 bits per heavy atom. The van der Waals surface area contributed by atoms with Crippen LogP contribution in [0.5, 0.6) is 0 Å². The molecular weight excluding hydrogens is 213 g/mol. The smallest absolute Gasteiger partial charge is 0.0693 e. The number of nitrogens with two attached hydrogens (primary N) is 1. The molecule has 1 rings (SSSR count). The van der Waals surface area contributed by atoms with Crippen LogP contribution in [0.25, 0.3) is 0 Å². The van der Waals surface area contributed by atoms with Crippen LogP contribution in [0.1, 0.15) is 6.92 Å². The molecule has 0 amide bonds. The number of nitrogen functional groups attached to an aromatic ring is 1. The molecule has 66 valence electrons. The molecule has 0 saturated carbocycles. The molecule has 0 saturated heterocycles. The normalized spacial score (nSPS) is 10.2. The van der Waals surface area contributed by atoms with Gasteiger partial charge in [-0.1, -0.05) is 30.1 Å². The van der Waals surface area contributed by atoms with Gasteiger partial charge in [0, 0.05) is 4.90 Å². The van der Waals surface area contributed by atoms with Gasteiger partial charge < -0.3 is 5.73 Å². The summed E-state index contributed by atoms with van der Waals surface area (Å²) in [5.41, 5.74) is 6.03. The Kier molecular flexibility index (Phi) is 3.56. The molecule has 0 fully saturated rings. The quantitative estimate of drug-likeness (QED) is 0.610. The van der Waals surface area contributed by atoms with Crippen LogP contribution < -0.4 is 5.73 Å². The highest BCUT2D eigenvalue weighted by molar-refractivity contribution is 7.99. The van der Waals surface area contributed by atoms with E-state index in [1.54, 1.807) is 11.8 Å². The third kappa shape index (κ3) is 2.22. The van der Waals surface area contributed by atoms with Crippen molar-refractivity contribution in [3.63, 3.8) is 0 Å². The zero-order valence-electron chi connectivity index (χ0n) is 6.60. The minimum Gasteiger partial charge on any atom is -0.396 e. The fourth-order valence-electron chi connectivity index (χ4n) is 0.811. The van der Waals surface area contributed by atoms with E-state index in [2.05, 4.69) is 6.92 Å². The van der Waals surface area contributed by atoms with E-state index in [4.69, 9.17) is 28.9 Å². The number of thioether (sulfide) groups is 1. The molecule has 0 unspecified atom stereocenters. The number of benzene rings is 1. The van der Waals surface area contributed by atoms with Crippen molar-refractivity contribution < 1.29 is 0 Å². The molecule has 0 atom stereocenters. The molecule has 0 aliphatic heterocycles. The van der Waals surface area contributed by atoms with E-state index in [1.165, 1.54) is 0 Å². The zero-order valence-corrected chi connectivity index (χ0v) is 8.93. The molecule has 2 N–H and O–H groups in total. The lowest BCUT2D eigenvalue weighted by atomic mass is 10.3. The van der Waals surface area contributed by atoms with Crippen LogP contribution >= 0.6 is 35.0 Å². The lowest BCUT2D eigenvalue weighted by Gasteiger charge is -2.04. The first-order valence-corrected chi connectivity index (χ1v) is 5.26. The Balaban J connectivity index is 3.04. The summed E-state index contributed by atoms with van der Waals surface area (Å²) in [4.78, 5) is 1.06. The van der Waals surface area contributed by atoms with Crippen molar-refractivity contribution in [1.29, 1.82) is 0 Å². The van der Waals surface area contributed by atoms with Gasteiger partial charge in [0.15, 0.2) is 0 Å². The lowest BCUT2D eigenvalue weighted by Crippen LogP contribution is -1.88. The largest absolute Gasteiger partial charge is 0.396 e. The number of anilines is 1. The lowest BCUT2D eigenvalue weighted by molar-refractivity contribution is 1.43. The van der Waals surface area contributed by atoms with Crippen LogP contribution in [0.3, 0.4) is 0 Å². The maximum atomic E-state index is 5.83. The molecule has 12 heavy (non-hydrogen) atoms. The fourth-order valence-corrected chi connectivity index (χ4v) is 2.16. The standard InChI is InChI=1S/C8H9Cl2NS/c1-2-12-5-3-6(9)8(11)7(10)4-5/h3-4H,2,11H2,1H3. The highest BCUT2D eigenvalue weighted by atomic mass is 35.5. The van der Waals surface area contributed by atoms with Crippen molar-refractivity contribution in [3.05, 3.63) is 22.2 Å². The van der Waals surface area contributed by atoms with Gasteiger partial charge in [-0.15, -0.1) is 11.8 Å². The van der Waals surface area contributed by atoms with E-state index >= 15 is 0 Å². The second-order valence-electron chi connectivity index (χ2n) is 2.23. The van der Waals surface area contributed by atoms with E-state index in [-0.39, 0.29) is 0 Å². The maximum Gasteiger partial charge on any atom is 0.0693 e. The Bertz CT molecular complexity index is 265. The molecule has 1 nitrogen and oxygen atoms in total. The zero-order chi connectivity index (χ0) is 9.14. The maximum absolute atomic E-state index is 5.83. The average molecular weight is 222 g/mol. The van der Waals surface area contributed by atoms with E-state index in [9.17, 15) is 0 Å². The predicted molar refractivity (Wildman–Crippen MR) is 57.3 cm³/mol. The van der Waals surface area contributed by atoms with Gasteiger partial charge in [-0.2, -0.15) is 0 Å². The minimum absolute atomic E-state index is 0.457.